The van der Waals surface area contributed by atoms with Crippen molar-refractivity contribution in [3.05, 3.63) is 48.0 Å². The van der Waals surface area contributed by atoms with Gasteiger partial charge in [0.05, 0.1) is 5.97 Å². The van der Waals surface area contributed by atoms with Crippen LogP contribution in [0.5, 0.6) is 0 Å². The standard InChI is InChI=1S/C14H14N2O5/c17-12-8-16(11(15-12)6-7-13(18)19)14(20)21-9-10-4-2-1-3-5-10/h1-7,11H,8-9H2,(H,15,17)(H,18,19)/p-1/b7-6+. The summed E-state index contributed by atoms with van der Waals surface area (Å²) in [6.45, 7) is -0.114. The molecule has 2 amide bonds. The lowest BCUT2D eigenvalue weighted by Gasteiger charge is -2.20. The highest BCUT2D eigenvalue weighted by atomic mass is 16.6. The van der Waals surface area contributed by atoms with Crippen LogP contribution in [0.3, 0.4) is 0 Å². The molecule has 1 aliphatic rings. The van der Waals surface area contributed by atoms with Gasteiger partial charge in [-0.3, -0.25) is 9.69 Å². The predicted molar refractivity (Wildman–Crippen MR) is 69.4 cm³/mol. The average molecular weight is 289 g/mol. The molecule has 0 aromatic heterocycles. The van der Waals surface area contributed by atoms with E-state index in [-0.39, 0.29) is 19.1 Å². The van der Waals surface area contributed by atoms with E-state index in [0.29, 0.717) is 0 Å². The van der Waals surface area contributed by atoms with Crippen LogP contribution in [0.2, 0.25) is 0 Å². The third-order valence-corrected chi connectivity index (χ3v) is 2.81. The summed E-state index contributed by atoms with van der Waals surface area (Å²) in [7, 11) is 0. The Morgan fingerprint density at radius 1 is 1.38 bits per heavy atom. The number of hydrogen-bond acceptors (Lipinski definition) is 5. The molecule has 7 heteroatoms. The average Bonchev–Trinajstić information content (AvgIpc) is 2.85. The third-order valence-electron chi connectivity index (χ3n) is 2.81. The van der Waals surface area contributed by atoms with Crippen molar-refractivity contribution in [1.29, 1.82) is 0 Å². The summed E-state index contributed by atoms with van der Waals surface area (Å²) in [6.07, 6.45) is 0.362. The first-order chi connectivity index (χ1) is 10.1. The summed E-state index contributed by atoms with van der Waals surface area (Å²) in [5.74, 6) is -1.80. The van der Waals surface area contributed by atoms with Gasteiger partial charge in [0.25, 0.3) is 0 Å². The second-order valence-corrected chi connectivity index (χ2v) is 4.36. The van der Waals surface area contributed by atoms with Gasteiger partial charge in [-0.1, -0.05) is 30.3 Å². The fourth-order valence-corrected chi connectivity index (χ4v) is 1.84. The first-order valence-electron chi connectivity index (χ1n) is 6.22. The van der Waals surface area contributed by atoms with Gasteiger partial charge in [0.15, 0.2) is 0 Å². The van der Waals surface area contributed by atoms with Crippen molar-refractivity contribution < 1.29 is 24.2 Å². The molecule has 0 aliphatic carbocycles. The minimum absolute atomic E-state index is 0.0707. The van der Waals surface area contributed by atoms with E-state index in [4.69, 9.17) is 4.74 Å². The Hall–Kier alpha value is -2.83. The number of nitrogens with zero attached hydrogens (tertiary/aromatic N) is 1. The molecule has 0 spiro atoms. The van der Waals surface area contributed by atoms with Crippen LogP contribution < -0.4 is 10.4 Å². The molecule has 21 heavy (non-hydrogen) atoms. The van der Waals surface area contributed by atoms with E-state index in [1.165, 1.54) is 0 Å². The Labute approximate surface area is 120 Å². The van der Waals surface area contributed by atoms with Gasteiger partial charge in [-0.25, -0.2) is 4.79 Å². The van der Waals surface area contributed by atoms with Gasteiger partial charge < -0.3 is 20.0 Å². The number of rotatable bonds is 4. The lowest BCUT2D eigenvalue weighted by atomic mass is 10.2. The Morgan fingerprint density at radius 3 is 2.76 bits per heavy atom. The largest absolute Gasteiger partial charge is 0.545 e. The fourth-order valence-electron chi connectivity index (χ4n) is 1.84. The number of ether oxygens (including phenoxy) is 1. The molecule has 1 aromatic rings. The van der Waals surface area contributed by atoms with Gasteiger partial charge in [0, 0.05) is 0 Å². The number of hydrogen-bond donors (Lipinski definition) is 1. The van der Waals surface area contributed by atoms with Crippen LogP contribution in [0.1, 0.15) is 5.56 Å². The molecule has 110 valence electrons. The summed E-state index contributed by atoms with van der Waals surface area (Å²) < 4.78 is 5.10. The molecular weight excluding hydrogens is 276 g/mol. The number of nitrogens with one attached hydrogen (secondary N) is 1. The number of carboxylic acid groups (broad SMARTS) is 1. The van der Waals surface area contributed by atoms with Gasteiger partial charge in [-0.2, -0.15) is 0 Å². The number of carbonyl (C=O) groups excluding carboxylic acids is 3. The van der Waals surface area contributed by atoms with Crippen molar-refractivity contribution in [2.45, 2.75) is 12.8 Å². The highest BCUT2D eigenvalue weighted by molar-refractivity contribution is 5.87. The number of benzene rings is 1. The predicted octanol–water partition coefficient (Wildman–Crippen LogP) is -0.613. The summed E-state index contributed by atoms with van der Waals surface area (Å²) in [5, 5.41) is 12.8. The Kier molecular flexibility index (Phi) is 4.55. The van der Waals surface area contributed by atoms with Crippen LogP contribution in [-0.2, 0) is 20.9 Å². The maximum absolute atomic E-state index is 11.9. The summed E-state index contributed by atoms with van der Waals surface area (Å²) in [4.78, 5) is 34.7. The van der Waals surface area contributed by atoms with Crippen LogP contribution >= 0.6 is 0 Å². The van der Waals surface area contributed by atoms with E-state index in [9.17, 15) is 19.5 Å². The lowest BCUT2D eigenvalue weighted by Crippen LogP contribution is -2.39. The summed E-state index contributed by atoms with van der Waals surface area (Å²) in [5.41, 5.74) is 0.811. The molecule has 0 saturated carbocycles. The first kappa shape index (κ1) is 14.6. The van der Waals surface area contributed by atoms with Crippen molar-refractivity contribution in [2.24, 2.45) is 0 Å². The van der Waals surface area contributed by atoms with E-state index in [0.717, 1.165) is 22.6 Å². The molecule has 1 heterocycles. The molecule has 2 rings (SSSR count). The molecule has 1 N–H and O–H groups in total. The van der Waals surface area contributed by atoms with Crippen molar-refractivity contribution >= 4 is 18.0 Å². The Balaban J connectivity index is 1.96. The number of carbonyl (C=O) groups is 3. The van der Waals surface area contributed by atoms with E-state index in [2.05, 4.69) is 5.32 Å². The summed E-state index contributed by atoms with van der Waals surface area (Å²) >= 11 is 0. The molecule has 1 atom stereocenters. The second-order valence-electron chi connectivity index (χ2n) is 4.36. The van der Waals surface area contributed by atoms with Crippen molar-refractivity contribution in [2.75, 3.05) is 6.54 Å². The maximum atomic E-state index is 11.9. The number of aliphatic carboxylic acids is 1. The summed E-state index contributed by atoms with van der Waals surface area (Å²) in [6, 6.07) is 9.07. The number of carboxylic acids is 1. The SMILES string of the molecule is O=C([O-])/C=C/C1NC(=O)CN1C(=O)OCc1ccccc1. The lowest BCUT2D eigenvalue weighted by molar-refractivity contribution is -0.297. The van der Waals surface area contributed by atoms with Gasteiger partial charge in [-0.15, -0.1) is 0 Å². The molecule has 7 nitrogen and oxygen atoms in total. The zero-order chi connectivity index (χ0) is 15.2. The zero-order valence-electron chi connectivity index (χ0n) is 11.0. The smallest absolute Gasteiger partial charge is 0.412 e. The highest BCUT2D eigenvalue weighted by Crippen LogP contribution is 2.10. The molecule has 0 bridgehead atoms. The molecule has 0 radical (unpaired) electrons. The van der Waals surface area contributed by atoms with Crippen molar-refractivity contribution in [3.63, 3.8) is 0 Å². The second kappa shape index (κ2) is 6.56. The zero-order valence-corrected chi connectivity index (χ0v) is 11.0. The molecular formula is C14H13N2O5-. The van der Waals surface area contributed by atoms with Crippen LogP contribution in [0, 0.1) is 0 Å². The van der Waals surface area contributed by atoms with Gasteiger partial charge in [0.1, 0.15) is 19.3 Å². The molecule has 1 unspecified atom stereocenters. The molecule has 1 saturated heterocycles. The number of amides is 2. The first-order valence-corrected chi connectivity index (χ1v) is 6.22. The Bertz CT molecular complexity index is 570. The van der Waals surface area contributed by atoms with Crippen LogP contribution in [0.25, 0.3) is 0 Å². The van der Waals surface area contributed by atoms with E-state index < -0.39 is 18.2 Å². The van der Waals surface area contributed by atoms with Crippen LogP contribution in [-0.4, -0.2) is 35.6 Å². The molecule has 1 fully saturated rings. The minimum atomic E-state index is -1.41. The molecule has 1 aromatic carbocycles. The topological polar surface area (TPSA) is 98.8 Å². The van der Waals surface area contributed by atoms with Crippen LogP contribution in [0.4, 0.5) is 4.79 Å². The molecule has 1 aliphatic heterocycles. The van der Waals surface area contributed by atoms with Gasteiger partial charge in [0.2, 0.25) is 5.91 Å². The van der Waals surface area contributed by atoms with Crippen molar-refractivity contribution in [1.82, 2.24) is 10.2 Å². The van der Waals surface area contributed by atoms with Gasteiger partial charge >= 0.3 is 6.09 Å². The normalized spacial score (nSPS) is 17.8. The van der Waals surface area contributed by atoms with Crippen molar-refractivity contribution in [3.8, 4) is 0 Å². The van der Waals surface area contributed by atoms with E-state index in [1.54, 1.807) is 12.1 Å². The quantitative estimate of drug-likeness (QED) is 0.745. The highest BCUT2D eigenvalue weighted by Gasteiger charge is 2.32. The monoisotopic (exact) mass is 289 g/mol. The fraction of sp³-hybridized carbons (Fsp3) is 0.214. The van der Waals surface area contributed by atoms with E-state index >= 15 is 0 Å². The minimum Gasteiger partial charge on any atom is -0.545 e. The maximum Gasteiger partial charge on any atom is 0.412 e. The van der Waals surface area contributed by atoms with E-state index in [1.807, 2.05) is 18.2 Å². The third kappa shape index (κ3) is 4.07. The van der Waals surface area contributed by atoms with Crippen LogP contribution in [0.15, 0.2) is 42.5 Å². The van der Waals surface area contributed by atoms with Gasteiger partial charge in [-0.05, 0) is 17.7 Å². The Morgan fingerprint density at radius 2 is 2.10 bits per heavy atom.